The molecule has 2 rings (SSSR count). The molecule has 2 aromatic rings. The van der Waals surface area contributed by atoms with Gasteiger partial charge in [0.25, 0.3) is 0 Å². The van der Waals surface area contributed by atoms with Crippen molar-refractivity contribution >= 4 is 46.4 Å². The maximum atomic E-state index is 12.1. The van der Waals surface area contributed by atoms with Crippen LogP contribution in [0.15, 0.2) is 42.5 Å². The van der Waals surface area contributed by atoms with Crippen LogP contribution < -0.4 is 10.6 Å². The highest BCUT2D eigenvalue weighted by Crippen LogP contribution is 2.29. The lowest BCUT2D eigenvalue weighted by atomic mass is 10.2. The molecule has 0 saturated heterocycles. The number of carbonyl (C=O) groups is 2. The molecule has 132 valence electrons. The van der Waals surface area contributed by atoms with Gasteiger partial charge in [0, 0.05) is 5.69 Å². The standard InChI is InChI=1S/C18H19Cl2N3O2/c1-12-6-8-13(9-7-12)21-16(24)10-23(2)11-17(25)22-18-14(19)4-3-5-15(18)20/h3-9H,10-11H2,1-2H3,(H,21,24)(H,22,25). The molecule has 0 saturated carbocycles. The van der Waals surface area contributed by atoms with Crippen LogP contribution in [0.4, 0.5) is 11.4 Å². The van der Waals surface area contributed by atoms with Gasteiger partial charge in [-0.3, -0.25) is 14.5 Å². The molecule has 0 aliphatic carbocycles. The quantitative estimate of drug-likeness (QED) is 0.801. The minimum absolute atomic E-state index is 0.0306. The molecule has 5 nitrogen and oxygen atoms in total. The van der Waals surface area contributed by atoms with Gasteiger partial charge in [0.2, 0.25) is 11.8 Å². The van der Waals surface area contributed by atoms with Gasteiger partial charge in [0.1, 0.15) is 0 Å². The number of hydrogen-bond donors (Lipinski definition) is 2. The third kappa shape index (κ3) is 6.05. The largest absolute Gasteiger partial charge is 0.325 e. The summed E-state index contributed by atoms with van der Waals surface area (Å²) in [4.78, 5) is 25.7. The summed E-state index contributed by atoms with van der Waals surface area (Å²) in [7, 11) is 1.68. The number of hydrogen-bond acceptors (Lipinski definition) is 3. The van der Waals surface area contributed by atoms with E-state index in [4.69, 9.17) is 23.2 Å². The van der Waals surface area contributed by atoms with Crippen molar-refractivity contribution in [1.82, 2.24) is 4.90 Å². The Hall–Kier alpha value is -2.08. The van der Waals surface area contributed by atoms with Crippen molar-refractivity contribution in [3.63, 3.8) is 0 Å². The molecule has 0 radical (unpaired) electrons. The Morgan fingerprint density at radius 3 is 2.00 bits per heavy atom. The van der Waals surface area contributed by atoms with Crippen LogP contribution in [-0.2, 0) is 9.59 Å². The molecule has 7 heteroatoms. The number of aryl methyl sites for hydroxylation is 1. The second-order valence-electron chi connectivity index (χ2n) is 5.73. The Balaban J connectivity index is 1.84. The molecule has 0 aliphatic heterocycles. The first-order chi connectivity index (χ1) is 11.8. The maximum absolute atomic E-state index is 12.1. The highest BCUT2D eigenvalue weighted by Gasteiger charge is 2.13. The summed E-state index contributed by atoms with van der Waals surface area (Å²) in [5.41, 5.74) is 2.20. The molecule has 0 heterocycles. The topological polar surface area (TPSA) is 61.4 Å². The predicted octanol–water partition coefficient (Wildman–Crippen LogP) is 3.81. The molecule has 0 atom stereocenters. The number of carbonyl (C=O) groups excluding carboxylic acids is 2. The van der Waals surface area contributed by atoms with Gasteiger partial charge in [-0.05, 0) is 38.2 Å². The molecule has 0 aliphatic rings. The first kappa shape index (κ1) is 19.2. The second-order valence-corrected chi connectivity index (χ2v) is 6.55. The zero-order chi connectivity index (χ0) is 18.4. The lowest BCUT2D eigenvalue weighted by Gasteiger charge is -2.17. The number of halogens is 2. The first-order valence-electron chi connectivity index (χ1n) is 7.64. The Morgan fingerprint density at radius 1 is 0.920 bits per heavy atom. The molecule has 2 N–H and O–H groups in total. The van der Waals surface area contributed by atoms with Crippen LogP contribution in [0.1, 0.15) is 5.56 Å². The van der Waals surface area contributed by atoms with Crippen molar-refractivity contribution in [1.29, 1.82) is 0 Å². The van der Waals surface area contributed by atoms with Gasteiger partial charge < -0.3 is 10.6 Å². The lowest BCUT2D eigenvalue weighted by molar-refractivity contribution is -0.119. The fraction of sp³-hybridized carbons (Fsp3) is 0.222. The van der Waals surface area contributed by atoms with Crippen LogP contribution in [0.25, 0.3) is 0 Å². The number of para-hydroxylation sites is 1. The Labute approximate surface area is 156 Å². The maximum Gasteiger partial charge on any atom is 0.238 e. The summed E-state index contributed by atoms with van der Waals surface area (Å²) in [5, 5.41) is 6.17. The summed E-state index contributed by atoms with van der Waals surface area (Å²) in [6.45, 7) is 2.09. The molecule has 0 unspecified atom stereocenters. The molecular weight excluding hydrogens is 361 g/mol. The van der Waals surface area contributed by atoms with Gasteiger partial charge in [-0.15, -0.1) is 0 Å². The summed E-state index contributed by atoms with van der Waals surface area (Å²) in [5.74, 6) is -0.504. The zero-order valence-corrected chi connectivity index (χ0v) is 15.5. The van der Waals surface area contributed by atoms with Gasteiger partial charge in [-0.25, -0.2) is 0 Å². The van der Waals surface area contributed by atoms with E-state index in [0.29, 0.717) is 15.7 Å². The number of likely N-dealkylation sites (N-methyl/N-ethyl adjacent to an activating group) is 1. The SMILES string of the molecule is Cc1ccc(NC(=O)CN(C)CC(=O)Nc2c(Cl)cccc2Cl)cc1. The number of amides is 2. The summed E-state index contributed by atoms with van der Waals surface area (Å²) in [6, 6.07) is 12.5. The monoisotopic (exact) mass is 379 g/mol. The van der Waals surface area contributed by atoms with E-state index in [2.05, 4.69) is 10.6 Å². The van der Waals surface area contributed by atoms with Gasteiger partial charge in [0.15, 0.2) is 0 Å². The zero-order valence-electron chi connectivity index (χ0n) is 14.0. The van der Waals surface area contributed by atoms with E-state index in [1.54, 1.807) is 30.1 Å². The number of benzene rings is 2. The molecule has 2 amide bonds. The third-order valence-electron chi connectivity index (χ3n) is 3.39. The fourth-order valence-electron chi connectivity index (χ4n) is 2.18. The highest BCUT2D eigenvalue weighted by molar-refractivity contribution is 6.39. The minimum Gasteiger partial charge on any atom is -0.325 e. The van der Waals surface area contributed by atoms with Gasteiger partial charge in [0.05, 0.1) is 28.8 Å². The Kier molecular flexibility index (Phi) is 6.82. The van der Waals surface area contributed by atoms with E-state index < -0.39 is 0 Å². The summed E-state index contributed by atoms with van der Waals surface area (Å²) >= 11 is 12.0. The third-order valence-corrected chi connectivity index (χ3v) is 4.02. The summed E-state index contributed by atoms with van der Waals surface area (Å²) in [6.07, 6.45) is 0. The normalized spacial score (nSPS) is 10.6. The highest BCUT2D eigenvalue weighted by atomic mass is 35.5. The molecule has 0 aromatic heterocycles. The minimum atomic E-state index is -0.305. The Bertz CT molecular complexity index is 743. The predicted molar refractivity (Wildman–Crippen MR) is 102 cm³/mol. The van der Waals surface area contributed by atoms with E-state index in [-0.39, 0.29) is 24.9 Å². The molecule has 0 fully saturated rings. The van der Waals surface area contributed by atoms with Crippen LogP contribution in [0.5, 0.6) is 0 Å². The number of nitrogens with zero attached hydrogens (tertiary/aromatic N) is 1. The van der Waals surface area contributed by atoms with Crippen molar-refractivity contribution in [3.05, 3.63) is 58.1 Å². The molecule has 0 bridgehead atoms. The van der Waals surface area contributed by atoms with Crippen LogP contribution in [0.3, 0.4) is 0 Å². The van der Waals surface area contributed by atoms with E-state index in [1.165, 1.54) is 0 Å². The van der Waals surface area contributed by atoms with Gasteiger partial charge in [-0.2, -0.15) is 0 Å². The Morgan fingerprint density at radius 2 is 1.44 bits per heavy atom. The molecule has 2 aromatic carbocycles. The van der Waals surface area contributed by atoms with Crippen LogP contribution in [0.2, 0.25) is 10.0 Å². The van der Waals surface area contributed by atoms with E-state index in [0.717, 1.165) is 11.3 Å². The van der Waals surface area contributed by atoms with Crippen molar-refractivity contribution < 1.29 is 9.59 Å². The average molecular weight is 380 g/mol. The second kappa shape index (κ2) is 8.85. The van der Waals surface area contributed by atoms with E-state index in [9.17, 15) is 9.59 Å². The van der Waals surface area contributed by atoms with Crippen LogP contribution >= 0.6 is 23.2 Å². The van der Waals surface area contributed by atoms with Crippen LogP contribution in [0, 0.1) is 6.92 Å². The first-order valence-corrected chi connectivity index (χ1v) is 8.39. The van der Waals surface area contributed by atoms with Crippen molar-refractivity contribution in [2.24, 2.45) is 0 Å². The van der Waals surface area contributed by atoms with Gasteiger partial charge in [-0.1, -0.05) is 47.0 Å². The lowest BCUT2D eigenvalue weighted by Crippen LogP contribution is -2.36. The average Bonchev–Trinajstić information content (AvgIpc) is 2.53. The smallest absolute Gasteiger partial charge is 0.238 e. The molecule has 25 heavy (non-hydrogen) atoms. The number of nitrogens with one attached hydrogen (secondary N) is 2. The van der Waals surface area contributed by atoms with Crippen molar-refractivity contribution in [3.8, 4) is 0 Å². The fourth-order valence-corrected chi connectivity index (χ4v) is 2.67. The number of rotatable bonds is 6. The number of anilines is 2. The summed E-state index contributed by atoms with van der Waals surface area (Å²) < 4.78 is 0. The van der Waals surface area contributed by atoms with Crippen molar-refractivity contribution in [2.75, 3.05) is 30.8 Å². The molecule has 0 spiro atoms. The van der Waals surface area contributed by atoms with Crippen molar-refractivity contribution in [2.45, 2.75) is 6.92 Å². The van der Waals surface area contributed by atoms with Gasteiger partial charge >= 0.3 is 0 Å². The molecular formula is C18H19Cl2N3O2. The van der Waals surface area contributed by atoms with E-state index >= 15 is 0 Å². The van der Waals surface area contributed by atoms with E-state index in [1.807, 2.05) is 31.2 Å². The van der Waals surface area contributed by atoms with Crippen LogP contribution in [-0.4, -0.2) is 36.9 Å².